The minimum atomic E-state index is 0.00857. The third-order valence-electron chi connectivity index (χ3n) is 5.07. The molecule has 0 bridgehead atoms. The van der Waals surface area contributed by atoms with Crippen LogP contribution in [-0.2, 0) is 0 Å². The third kappa shape index (κ3) is 2.74. The van der Waals surface area contributed by atoms with Crippen molar-refractivity contribution in [3.63, 3.8) is 0 Å². The highest BCUT2D eigenvalue weighted by Crippen LogP contribution is 2.26. The Morgan fingerprint density at radius 2 is 1.96 bits per heavy atom. The summed E-state index contributed by atoms with van der Waals surface area (Å²) in [6, 6.07) is 9.70. The Bertz CT molecular complexity index is 1100. The van der Waals surface area contributed by atoms with Crippen LogP contribution >= 0.6 is 0 Å². The van der Waals surface area contributed by atoms with Crippen LogP contribution in [0, 0.1) is 0 Å². The number of likely N-dealkylation sites (N-methyl/N-ethyl adjacent to an activating group) is 1. The van der Waals surface area contributed by atoms with E-state index in [0.717, 1.165) is 48.3 Å². The molecule has 0 saturated carbocycles. The summed E-state index contributed by atoms with van der Waals surface area (Å²) in [6.07, 6.45) is 1.60. The van der Waals surface area contributed by atoms with E-state index in [4.69, 9.17) is 0 Å². The molecule has 1 fully saturated rings. The number of hydrogen-bond donors (Lipinski definition) is 2. The molecule has 4 aromatic rings. The summed E-state index contributed by atoms with van der Waals surface area (Å²) < 4.78 is 0. The molecular weight excluding hydrogens is 342 g/mol. The van der Waals surface area contributed by atoms with Crippen molar-refractivity contribution < 1.29 is 4.79 Å². The number of amides is 1. The average molecular weight is 361 g/mol. The number of carbonyl (C=O) groups excluding carboxylic acids is 1. The maximum Gasteiger partial charge on any atom is 0.255 e. The van der Waals surface area contributed by atoms with Crippen LogP contribution in [0.5, 0.6) is 0 Å². The molecule has 1 aromatic carbocycles. The molecule has 0 aliphatic carbocycles. The van der Waals surface area contributed by atoms with Crippen molar-refractivity contribution in [2.45, 2.75) is 0 Å². The molecule has 4 heterocycles. The van der Waals surface area contributed by atoms with E-state index < -0.39 is 0 Å². The Morgan fingerprint density at radius 3 is 2.78 bits per heavy atom. The van der Waals surface area contributed by atoms with E-state index in [-0.39, 0.29) is 5.91 Å². The molecular formula is C19H19N7O. The van der Waals surface area contributed by atoms with Gasteiger partial charge < -0.3 is 14.8 Å². The van der Waals surface area contributed by atoms with E-state index >= 15 is 0 Å². The molecule has 136 valence electrons. The van der Waals surface area contributed by atoms with Gasteiger partial charge in [0.1, 0.15) is 5.69 Å². The number of aromatic amines is 2. The number of imidazole rings is 1. The summed E-state index contributed by atoms with van der Waals surface area (Å²) in [5, 5.41) is 8.05. The second kappa shape index (κ2) is 6.17. The maximum absolute atomic E-state index is 12.9. The lowest BCUT2D eigenvalue weighted by molar-refractivity contribution is 0.0664. The Balaban J connectivity index is 1.53. The SMILES string of the molecule is CN1CCN(C(=O)c2cnc3n[nH]c(-c4nc5ccccc5[nH]4)c3c2)CC1. The number of piperazine rings is 1. The van der Waals surface area contributed by atoms with E-state index in [2.05, 4.69) is 37.1 Å². The predicted octanol–water partition coefficient (Wildman–Crippen LogP) is 1.89. The van der Waals surface area contributed by atoms with Crippen LogP contribution in [-0.4, -0.2) is 74.1 Å². The van der Waals surface area contributed by atoms with Crippen molar-refractivity contribution in [1.29, 1.82) is 0 Å². The highest BCUT2D eigenvalue weighted by molar-refractivity contribution is 6.00. The van der Waals surface area contributed by atoms with Gasteiger partial charge in [-0.15, -0.1) is 0 Å². The number of aromatic nitrogens is 5. The number of benzene rings is 1. The number of pyridine rings is 1. The zero-order chi connectivity index (χ0) is 18.4. The fraction of sp³-hybridized carbons (Fsp3) is 0.263. The number of carbonyl (C=O) groups is 1. The first-order valence-corrected chi connectivity index (χ1v) is 8.96. The van der Waals surface area contributed by atoms with E-state index in [1.54, 1.807) is 6.20 Å². The number of para-hydroxylation sites is 2. The minimum Gasteiger partial charge on any atom is -0.337 e. The van der Waals surface area contributed by atoms with Gasteiger partial charge in [0.15, 0.2) is 11.5 Å². The third-order valence-corrected chi connectivity index (χ3v) is 5.07. The highest BCUT2D eigenvalue weighted by Gasteiger charge is 2.22. The second-order valence-electron chi connectivity index (χ2n) is 6.89. The van der Waals surface area contributed by atoms with Gasteiger partial charge in [-0.3, -0.25) is 9.89 Å². The van der Waals surface area contributed by atoms with Crippen LogP contribution in [0.2, 0.25) is 0 Å². The van der Waals surface area contributed by atoms with Crippen molar-refractivity contribution in [2.24, 2.45) is 0 Å². The molecule has 3 aromatic heterocycles. The molecule has 1 aliphatic heterocycles. The number of nitrogens with one attached hydrogen (secondary N) is 2. The molecule has 8 nitrogen and oxygen atoms in total. The monoisotopic (exact) mass is 361 g/mol. The van der Waals surface area contributed by atoms with Crippen LogP contribution in [0.15, 0.2) is 36.5 Å². The van der Waals surface area contributed by atoms with Gasteiger partial charge in [-0.05, 0) is 25.2 Å². The summed E-state index contributed by atoms with van der Waals surface area (Å²) in [5.41, 5.74) is 3.72. The van der Waals surface area contributed by atoms with Crippen molar-refractivity contribution >= 4 is 28.0 Å². The lowest BCUT2D eigenvalue weighted by Gasteiger charge is -2.32. The fourth-order valence-electron chi connectivity index (χ4n) is 3.46. The van der Waals surface area contributed by atoms with Crippen molar-refractivity contribution in [3.05, 3.63) is 42.1 Å². The van der Waals surface area contributed by atoms with Gasteiger partial charge in [0.2, 0.25) is 0 Å². The van der Waals surface area contributed by atoms with Gasteiger partial charge in [0.05, 0.1) is 22.0 Å². The van der Waals surface area contributed by atoms with E-state index in [9.17, 15) is 4.79 Å². The van der Waals surface area contributed by atoms with Crippen molar-refractivity contribution in [2.75, 3.05) is 33.2 Å². The topological polar surface area (TPSA) is 93.8 Å². The normalized spacial score (nSPS) is 15.7. The quantitative estimate of drug-likeness (QED) is 0.569. The Kier molecular flexibility index (Phi) is 3.64. The van der Waals surface area contributed by atoms with E-state index in [1.807, 2.05) is 35.2 Å². The molecule has 27 heavy (non-hydrogen) atoms. The number of H-pyrrole nitrogens is 2. The minimum absolute atomic E-state index is 0.00857. The highest BCUT2D eigenvalue weighted by atomic mass is 16.2. The molecule has 0 spiro atoms. The maximum atomic E-state index is 12.9. The van der Waals surface area contributed by atoms with E-state index in [1.165, 1.54) is 0 Å². The number of nitrogens with zero attached hydrogens (tertiary/aromatic N) is 5. The molecule has 1 amide bonds. The summed E-state index contributed by atoms with van der Waals surface area (Å²) in [4.78, 5) is 29.3. The number of rotatable bonds is 2. The molecule has 2 N–H and O–H groups in total. The molecule has 8 heteroatoms. The Labute approximate surface area is 155 Å². The molecule has 0 unspecified atom stereocenters. The van der Waals surface area contributed by atoms with Gasteiger partial charge >= 0.3 is 0 Å². The number of hydrogen-bond acceptors (Lipinski definition) is 5. The van der Waals surface area contributed by atoms with Gasteiger partial charge in [-0.2, -0.15) is 5.10 Å². The van der Waals surface area contributed by atoms with Crippen molar-refractivity contribution in [3.8, 4) is 11.5 Å². The first-order valence-electron chi connectivity index (χ1n) is 8.96. The standard InChI is InChI=1S/C19H19N7O/c1-25-6-8-26(9-7-25)19(27)12-10-13-16(23-24-17(13)20-11-12)18-21-14-4-2-3-5-15(14)22-18/h2-5,10-11H,6-9H2,1H3,(H,21,22)(H,20,23,24). The van der Waals surface area contributed by atoms with Gasteiger partial charge in [0, 0.05) is 32.4 Å². The van der Waals surface area contributed by atoms with Gasteiger partial charge in [-0.1, -0.05) is 12.1 Å². The lowest BCUT2D eigenvalue weighted by atomic mass is 10.1. The zero-order valence-electron chi connectivity index (χ0n) is 14.9. The molecule has 1 aliphatic rings. The lowest BCUT2D eigenvalue weighted by Crippen LogP contribution is -2.47. The van der Waals surface area contributed by atoms with Crippen LogP contribution in [0.4, 0.5) is 0 Å². The molecule has 0 radical (unpaired) electrons. The first kappa shape index (κ1) is 16.0. The van der Waals surface area contributed by atoms with Crippen LogP contribution in [0.1, 0.15) is 10.4 Å². The Morgan fingerprint density at radius 1 is 1.15 bits per heavy atom. The molecule has 1 saturated heterocycles. The first-order chi connectivity index (χ1) is 13.2. The van der Waals surface area contributed by atoms with Gasteiger partial charge in [0.25, 0.3) is 5.91 Å². The summed E-state index contributed by atoms with van der Waals surface area (Å²) in [5.74, 6) is 0.693. The van der Waals surface area contributed by atoms with Gasteiger partial charge in [-0.25, -0.2) is 9.97 Å². The van der Waals surface area contributed by atoms with Crippen molar-refractivity contribution in [1.82, 2.24) is 34.9 Å². The second-order valence-corrected chi connectivity index (χ2v) is 6.89. The summed E-state index contributed by atoms with van der Waals surface area (Å²) in [6.45, 7) is 3.24. The predicted molar refractivity (Wildman–Crippen MR) is 102 cm³/mol. The average Bonchev–Trinajstić information content (AvgIpc) is 3.31. The molecule has 0 atom stereocenters. The Hall–Kier alpha value is -3.26. The number of fused-ring (bicyclic) bond motifs is 2. The van der Waals surface area contributed by atoms with Crippen LogP contribution in [0.25, 0.3) is 33.6 Å². The smallest absolute Gasteiger partial charge is 0.255 e. The van der Waals surface area contributed by atoms with Crippen LogP contribution in [0.3, 0.4) is 0 Å². The summed E-state index contributed by atoms with van der Waals surface area (Å²) in [7, 11) is 2.07. The van der Waals surface area contributed by atoms with Crippen LogP contribution < -0.4 is 0 Å². The summed E-state index contributed by atoms with van der Waals surface area (Å²) >= 11 is 0. The molecule has 5 rings (SSSR count). The largest absolute Gasteiger partial charge is 0.337 e. The zero-order valence-corrected chi connectivity index (χ0v) is 14.9. The fourth-order valence-corrected chi connectivity index (χ4v) is 3.46. The van der Waals surface area contributed by atoms with E-state index in [0.29, 0.717) is 17.0 Å².